The van der Waals surface area contributed by atoms with E-state index in [1.807, 2.05) is 11.0 Å². The molecule has 0 spiro atoms. The predicted molar refractivity (Wildman–Crippen MR) is 75.8 cm³/mol. The minimum Gasteiger partial charge on any atom is -0.361 e. The molecule has 1 aromatic heterocycles. The van der Waals surface area contributed by atoms with Gasteiger partial charge >= 0.3 is 0 Å². The quantitative estimate of drug-likeness (QED) is 0.875. The van der Waals surface area contributed by atoms with Crippen LogP contribution in [-0.4, -0.2) is 34.9 Å². The first kappa shape index (κ1) is 12.2. The molecule has 1 aromatic carbocycles. The van der Waals surface area contributed by atoms with Gasteiger partial charge in [0.15, 0.2) is 0 Å². The smallest absolute Gasteiger partial charge is 0.224 e. The average molecular weight is 257 g/mol. The lowest BCUT2D eigenvalue weighted by molar-refractivity contribution is -0.127. The monoisotopic (exact) mass is 257 g/mol. The normalized spacial score (nSPS) is 19.5. The highest BCUT2D eigenvalue weighted by atomic mass is 16.2. The van der Waals surface area contributed by atoms with Crippen LogP contribution in [0.2, 0.25) is 0 Å². The van der Waals surface area contributed by atoms with Crippen LogP contribution in [0.1, 0.15) is 18.4 Å². The van der Waals surface area contributed by atoms with E-state index in [2.05, 4.69) is 29.4 Å². The molecule has 1 atom stereocenters. The molecule has 19 heavy (non-hydrogen) atoms. The number of likely N-dealkylation sites (tertiary alicyclic amines) is 1. The molecule has 1 saturated heterocycles. The molecule has 4 heteroatoms. The number of carbonyl (C=O) groups excluding carboxylic acids is 1. The summed E-state index contributed by atoms with van der Waals surface area (Å²) in [5.41, 5.74) is 8.29. The van der Waals surface area contributed by atoms with Crippen molar-refractivity contribution in [2.24, 2.45) is 5.73 Å². The van der Waals surface area contributed by atoms with Crippen molar-refractivity contribution >= 4 is 16.8 Å². The molecular weight excluding hydrogens is 238 g/mol. The maximum atomic E-state index is 11.6. The van der Waals surface area contributed by atoms with Crippen LogP contribution in [0.4, 0.5) is 0 Å². The van der Waals surface area contributed by atoms with Crippen LogP contribution in [0.3, 0.4) is 0 Å². The molecule has 1 aliphatic rings. The molecule has 3 N–H and O–H groups in total. The van der Waals surface area contributed by atoms with Gasteiger partial charge in [0, 0.05) is 42.7 Å². The number of amides is 1. The van der Waals surface area contributed by atoms with Gasteiger partial charge in [0.1, 0.15) is 0 Å². The SMILES string of the molecule is NC1CC(=O)N(CCCc2c[nH]c3ccccc23)C1. The second-order valence-corrected chi connectivity index (χ2v) is 5.27. The molecule has 2 aromatic rings. The fourth-order valence-electron chi connectivity index (χ4n) is 2.82. The molecule has 1 aliphatic heterocycles. The predicted octanol–water partition coefficient (Wildman–Crippen LogP) is 1.66. The lowest BCUT2D eigenvalue weighted by Crippen LogP contribution is -2.29. The van der Waals surface area contributed by atoms with Gasteiger partial charge < -0.3 is 15.6 Å². The minimum atomic E-state index is 0.0283. The van der Waals surface area contributed by atoms with Crippen molar-refractivity contribution < 1.29 is 4.79 Å². The lowest BCUT2D eigenvalue weighted by atomic mass is 10.1. The minimum absolute atomic E-state index is 0.0283. The van der Waals surface area contributed by atoms with Crippen molar-refractivity contribution in [1.82, 2.24) is 9.88 Å². The molecule has 2 heterocycles. The molecule has 0 aliphatic carbocycles. The fraction of sp³-hybridized carbons (Fsp3) is 0.400. The maximum Gasteiger partial charge on any atom is 0.224 e. The second kappa shape index (κ2) is 5.05. The Morgan fingerprint density at radius 1 is 1.37 bits per heavy atom. The van der Waals surface area contributed by atoms with Crippen LogP contribution in [0.5, 0.6) is 0 Å². The molecule has 4 nitrogen and oxygen atoms in total. The van der Waals surface area contributed by atoms with Crippen LogP contribution < -0.4 is 5.73 Å². The van der Waals surface area contributed by atoms with Crippen LogP contribution in [0, 0.1) is 0 Å². The summed E-state index contributed by atoms with van der Waals surface area (Å²) >= 11 is 0. The van der Waals surface area contributed by atoms with E-state index in [4.69, 9.17) is 5.73 Å². The Kier molecular flexibility index (Phi) is 3.25. The molecule has 0 bridgehead atoms. The number of benzene rings is 1. The number of nitrogens with zero attached hydrogens (tertiary/aromatic N) is 1. The summed E-state index contributed by atoms with van der Waals surface area (Å²) < 4.78 is 0. The Hall–Kier alpha value is -1.81. The van der Waals surface area contributed by atoms with Crippen molar-refractivity contribution in [2.75, 3.05) is 13.1 Å². The lowest BCUT2D eigenvalue weighted by Gasteiger charge is -2.15. The summed E-state index contributed by atoms with van der Waals surface area (Å²) in [5.74, 6) is 0.200. The molecule has 0 saturated carbocycles. The maximum absolute atomic E-state index is 11.6. The van der Waals surface area contributed by atoms with Gasteiger partial charge in [0.05, 0.1) is 0 Å². The highest BCUT2D eigenvalue weighted by molar-refractivity contribution is 5.83. The third kappa shape index (κ3) is 2.49. The Morgan fingerprint density at radius 2 is 2.21 bits per heavy atom. The third-order valence-corrected chi connectivity index (χ3v) is 3.79. The first-order chi connectivity index (χ1) is 9.24. The number of carbonyl (C=O) groups is 1. The first-order valence-electron chi connectivity index (χ1n) is 6.82. The van der Waals surface area contributed by atoms with Crippen LogP contribution in [-0.2, 0) is 11.2 Å². The number of para-hydroxylation sites is 1. The highest BCUT2D eigenvalue weighted by Crippen LogP contribution is 2.19. The Bertz CT molecular complexity index is 590. The molecule has 100 valence electrons. The number of nitrogens with two attached hydrogens (primary N) is 1. The van der Waals surface area contributed by atoms with Gasteiger partial charge in [-0.2, -0.15) is 0 Å². The average Bonchev–Trinajstić information content (AvgIpc) is 2.94. The number of hydrogen-bond donors (Lipinski definition) is 2. The number of H-pyrrole nitrogens is 1. The van der Waals surface area contributed by atoms with Gasteiger partial charge in [-0.25, -0.2) is 0 Å². The van der Waals surface area contributed by atoms with E-state index < -0.39 is 0 Å². The largest absolute Gasteiger partial charge is 0.361 e. The van der Waals surface area contributed by atoms with E-state index in [-0.39, 0.29) is 11.9 Å². The summed E-state index contributed by atoms with van der Waals surface area (Å²) in [4.78, 5) is 16.8. The topological polar surface area (TPSA) is 62.1 Å². The number of rotatable bonds is 4. The summed E-state index contributed by atoms with van der Waals surface area (Å²) in [6.07, 6.45) is 4.55. The van der Waals surface area contributed by atoms with Crippen LogP contribution in [0.25, 0.3) is 10.9 Å². The summed E-state index contributed by atoms with van der Waals surface area (Å²) in [7, 11) is 0. The number of aryl methyl sites for hydroxylation is 1. The van der Waals surface area contributed by atoms with Crippen molar-refractivity contribution in [3.8, 4) is 0 Å². The third-order valence-electron chi connectivity index (χ3n) is 3.79. The van der Waals surface area contributed by atoms with Crippen molar-refractivity contribution in [3.05, 3.63) is 36.0 Å². The Balaban J connectivity index is 1.59. The molecule has 3 rings (SSSR count). The zero-order valence-electron chi connectivity index (χ0n) is 10.9. The number of fused-ring (bicyclic) bond motifs is 1. The summed E-state index contributed by atoms with van der Waals surface area (Å²) in [5, 5.41) is 1.28. The molecule has 0 radical (unpaired) electrons. The van der Waals surface area contributed by atoms with Gasteiger partial charge in [-0.05, 0) is 24.5 Å². The van der Waals surface area contributed by atoms with Gasteiger partial charge in [0.25, 0.3) is 0 Å². The number of aromatic nitrogens is 1. The van der Waals surface area contributed by atoms with Gasteiger partial charge in [-0.3, -0.25) is 4.79 Å². The van der Waals surface area contributed by atoms with E-state index >= 15 is 0 Å². The van der Waals surface area contributed by atoms with Crippen molar-refractivity contribution in [3.63, 3.8) is 0 Å². The van der Waals surface area contributed by atoms with E-state index in [0.29, 0.717) is 13.0 Å². The van der Waals surface area contributed by atoms with E-state index in [1.54, 1.807) is 0 Å². The summed E-state index contributed by atoms with van der Waals surface area (Å²) in [6, 6.07) is 8.34. The molecule has 1 fully saturated rings. The number of hydrogen-bond acceptors (Lipinski definition) is 2. The van der Waals surface area contributed by atoms with Gasteiger partial charge in [-0.1, -0.05) is 18.2 Å². The Labute approximate surface area is 112 Å². The molecule has 1 unspecified atom stereocenters. The van der Waals surface area contributed by atoms with Gasteiger partial charge in [0.2, 0.25) is 5.91 Å². The van der Waals surface area contributed by atoms with Crippen molar-refractivity contribution in [1.29, 1.82) is 0 Å². The van der Waals surface area contributed by atoms with E-state index in [0.717, 1.165) is 19.4 Å². The molecular formula is C15H19N3O. The Morgan fingerprint density at radius 3 is 3.00 bits per heavy atom. The fourth-order valence-corrected chi connectivity index (χ4v) is 2.82. The zero-order chi connectivity index (χ0) is 13.2. The number of aromatic amines is 1. The van der Waals surface area contributed by atoms with Gasteiger partial charge in [-0.15, -0.1) is 0 Å². The van der Waals surface area contributed by atoms with E-state index in [9.17, 15) is 4.79 Å². The standard InChI is InChI=1S/C15H19N3O/c16-12-8-15(19)18(10-12)7-3-4-11-9-17-14-6-2-1-5-13(11)14/h1-2,5-6,9,12,17H,3-4,7-8,10,16H2. The summed E-state index contributed by atoms with van der Waals surface area (Å²) in [6.45, 7) is 1.53. The van der Waals surface area contributed by atoms with Crippen LogP contribution in [0.15, 0.2) is 30.5 Å². The first-order valence-corrected chi connectivity index (χ1v) is 6.82. The second-order valence-electron chi connectivity index (χ2n) is 5.27. The van der Waals surface area contributed by atoms with Crippen LogP contribution >= 0.6 is 0 Å². The number of nitrogens with one attached hydrogen (secondary N) is 1. The highest BCUT2D eigenvalue weighted by Gasteiger charge is 2.25. The van der Waals surface area contributed by atoms with Crippen molar-refractivity contribution in [2.45, 2.75) is 25.3 Å². The molecule has 1 amide bonds. The zero-order valence-corrected chi connectivity index (χ0v) is 10.9. The van der Waals surface area contributed by atoms with E-state index in [1.165, 1.54) is 16.5 Å².